The smallest absolute Gasteiger partial charge is 0.0637 e. The molecule has 0 heterocycles. The molecule has 0 aromatic carbocycles. The van der Waals surface area contributed by atoms with Gasteiger partial charge in [-0.3, -0.25) is 0 Å². The number of rotatable bonds is 1. The Bertz CT molecular complexity index is 142. The number of thiocarbonyl (C=S) groups is 1. The van der Waals surface area contributed by atoms with E-state index >= 15 is 0 Å². The van der Waals surface area contributed by atoms with E-state index in [9.17, 15) is 0 Å². The number of isothiocyanates is 1. The molecular weight excluding hydrogens is 106 g/mol. The van der Waals surface area contributed by atoms with Crippen LogP contribution in [0.5, 0.6) is 0 Å². The van der Waals surface area contributed by atoms with Gasteiger partial charge in [0.1, 0.15) is 0 Å². The molecule has 1 rings (SSSR count). The summed E-state index contributed by atoms with van der Waals surface area (Å²) in [4.78, 5) is 3.76. The maximum Gasteiger partial charge on any atom is 0.0637 e. The quantitative estimate of drug-likeness (QED) is 0.371. The Morgan fingerprint density at radius 2 is 2.57 bits per heavy atom. The van der Waals surface area contributed by atoms with Crippen LogP contribution in [0.3, 0.4) is 0 Å². The first kappa shape index (κ1) is 4.69. The zero-order valence-corrected chi connectivity index (χ0v) is 4.66. The molecule has 0 saturated carbocycles. The molecule has 7 heavy (non-hydrogen) atoms. The summed E-state index contributed by atoms with van der Waals surface area (Å²) in [6.07, 6.45) is 4.30. The molecule has 2 heteroatoms. The van der Waals surface area contributed by atoms with Gasteiger partial charge < -0.3 is 0 Å². The van der Waals surface area contributed by atoms with Crippen molar-refractivity contribution in [3.05, 3.63) is 11.8 Å². The summed E-state index contributed by atoms with van der Waals surface area (Å²) in [5.74, 6) is 0. The van der Waals surface area contributed by atoms with Gasteiger partial charge >= 0.3 is 0 Å². The fourth-order valence-electron chi connectivity index (χ4n) is 0.434. The second-order valence-electron chi connectivity index (χ2n) is 1.44. The summed E-state index contributed by atoms with van der Waals surface area (Å²) >= 11 is 4.37. The first-order valence-electron chi connectivity index (χ1n) is 2.20. The minimum Gasteiger partial charge on any atom is -0.200 e. The fourth-order valence-corrected chi connectivity index (χ4v) is 0.551. The SMILES string of the molecule is S=C=NC1=CCC1. The van der Waals surface area contributed by atoms with E-state index in [-0.39, 0.29) is 0 Å². The van der Waals surface area contributed by atoms with E-state index in [1.165, 1.54) is 0 Å². The van der Waals surface area contributed by atoms with Crippen LogP contribution < -0.4 is 0 Å². The highest BCUT2D eigenvalue weighted by Gasteiger charge is 2.00. The molecule has 0 N–H and O–H groups in total. The van der Waals surface area contributed by atoms with Crippen LogP contribution in [0.25, 0.3) is 0 Å². The van der Waals surface area contributed by atoms with Crippen molar-refractivity contribution in [2.75, 3.05) is 0 Å². The second-order valence-corrected chi connectivity index (χ2v) is 1.62. The van der Waals surface area contributed by atoms with Crippen molar-refractivity contribution in [1.29, 1.82) is 0 Å². The van der Waals surface area contributed by atoms with Gasteiger partial charge in [0.05, 0.1) is 5.16 Å². The molecule has 0 atom stereocenters. The Hall–Kier alpha value is -0.460. The summed E-state index contributed by atoms with van der Waals surface area (Å²) in [6, 6.07) is 0. The van der Waals surface area contributed by atoms with Gasteiger partial charge in [-0.25, -0.2) is 0 Å². The highest BCUT2D eigenvalue weighted by atomic mass is 32.1. The summed E-state index contributed by atoms with van der Waals surface area (Å²) in [6.45, 7) is 0. The molecule has 0 spiro atoms. The highest BCUT2D eigenvalue weighted by Crippen LogP contribution is 2.17. The van der Waals surface area contributed by atoms with E-state index in [2.05, 4.69) is 28.4 Å². The normalized spacial score (nSPS) is 16.3. The van der Waals surface area contributed by atoms with Crippen LogP contribution in [0.2, 0.25) is 0 Å². The van der Waals surface area contributed by atoms with E-state index in [4.69, 9.17) is 0 Å². The summed E-state index contributed by atoms with van der Waals surface area (Å²) in [5.41, 5.74) is 1.09. The topological polar surface area (TPSA) is 12.4 Å². The van der Waals surface area contributed by atoms with Gasteiger partial charge in [-0.2, -0.15) is 4.99 Å². The van der Waals surface area contributed by atoms with Crippen molar-refractivity contribution in [2.45, 2.75) is 12.8 Å². The standard InChI is InChI=1S/C5H5NS/c7-4-6-5-2-1-3-5/h2H,1,3H2. The molecule has 36 valence electrons. The monoisotopic (exact) mass is 111 g/mol. The van der Waals surface area contributed by atoms with E-state index < -0.39 is 0 Å². The van der Waals surface area contributed by atoms with Crippen LogP contribution in [0.15, 0.2) is 16.8 Å². The number of hydrogen-bond donors (Lipinski definition) is 0. The predicted octanol–water partition coefficient (Wildman–Crippen LogP) is 1.77. The molecule has 0 aromatic heterocycles. The highest BCUT2D eigenvalue weighted by molar-refractivity contribution is 7.78. The lowest BCUT2D eigenvalue weighted by molar-refractivity contribution is 0.861. The lowest BCUT2D eigenvalue weighted by Gasteiger charge is -2.04. The molecule has 0 fully saturated rings. The number of allylic oxidation sites excluding steroid dienone is 2. The van der Waals surface area contributed by atoms with Gasteiger partial charge in [0.25, 0.3) is 0 Å². The van der Waals surface area contributed by atoms with Crippen LogP contribution in [-0.2, 0) is 0 Å². The molecule has 0 amide bonds. The van der Waals surface area contributed by atoms with E-state index in [1.54, 1.807) is 0 Å². The molecule has 1 aliphatic carbocycles. The zero-order valence-electron chi connectivity index (χ0n) is 3.85. The van der Waals surface area contributed by atoms with Crippen molar-refractivity contribution < 1.29 is 0 Å². The maximum atomic E-state index is 4.37. The van der Waals surface area contributed by atoms with Crippen LogP contribution >= 0.6 is 12.2 Å². The van der Waals surface area contributed by atoms with Crippen molar-refractivity contribution in [2.24, 2.45) is 4.99 Å². The summed E-state index contributed by atoms with van der Waals surface area (Å²) < 4.78 is 0. The molecular formula is C5H5NS. The lowest BCUT2D eigenvalue weighted by Crippen LogP contribution is -1.87. The van der Waals surface area contributed by atoms with Crippen molar-refractivity contribution in [3.63, 3.8) is 0 Å². The summed E-state index contributed by atoms with van der Waals surface area (Å²) in [7, 11) is 0. The first-order valence-corrected chi connectivity index (χ1v) is 2.61. The molecule has 0 radical (unpaired) electrons. The predicted molar refractivity (Wildman–Crippen MR) is 32.3 cm³/mol. The lowest BCUT2D eigenvalue weighted by atomic mass is 10.1. The summed E-state index contributed by atoms with van der Waals surface area (Å²) in [5, 5.41) is 2.31. The number of hydrogen-bond acceptors (Lipinski definition) is 2. The third-order valence-corrected chi connectivity index (χ3v) is 1.06. The molecule has 0 bridgehead atoms. The minimum absolute atomic E-state index is 1.09. The van der Waals surface area contributed by atoms with Crippen LogP contribution in [0.1, 0.15) is 12.8 Å². The molecule has 0 saturated heterocycles. The van der Waals surface area contributed by atoms with Crippen LogP contribution in [-0.4, -0.2) is 5.16 Å². The van der Waals surface area contributed by atoms with E-state index in [0.29, 0.717) is 0 Å². The number of aliphatic imine (C=N–C) groups is 1. The van der Waals surface area contributed by atoms with Crippen LogP contribution in [0, 0.1) is 0 Å². The Morgan fingerprint density at radius 1 is 1.86 bits per heavy atom. The Morgan fingerprint density at radius 3 is 2.71 bits per heavy atom. The molecule has 1 aliphatic rings. The Balaban J connectivity index is 2.57. The largest absolute Gasteiger partial charge is 0.200 e. The Kier molecular flexibility index (Phi) is 1.35. The van der Waals surface area contributed by atoms with E-state index in [0.717, 1.165) is 18.5 Å². The van der Waals surface area contributed by atoms with Gasteiger partial charge in [-0.05, 0) is 25.1 Å². The van der Waals surface area contributed by atoms with Gasteiger partial charge in [0.15, 0.2) is 0 Å². The fraction of sp³-hybridized carbons (Fsp3) is 0.400. The van der Waals surface area contributed by atoms with Gasteiger partial charge in [-0.15, -0.1) is 0 Å². The third kappa shape index (κ3) is 0.952. The van der Waals surface area contributed by atoms with Gasteiger partial charge in [0.2, 0.25) is 0 Å². The first-order chi connectivity index (χ1) is 3.43. The molecule has 0 aromatic rings. The third-order valence-electron chi connectivity index (χ3n) is 0.970. The van der Waals surface area contributed by atoms with E-state index in [1.807, 2.05) is 0 Å². The zero-order chi connectivity index (χ0) is 5.11. The minimum atomic E-state index is 1.09. The average Bonchev–Trinajstić information content (AvgIpc) is 1.55. The Labute approximate surface area is 47.8 Å². The maximum absolute atomic E-state index is 4.37. The molecule has 1 nitrogen and oxygen atoms in total. The molecule has 0 aliphatic heterocycles. The number of nitrogens with zero attached hydrogens (tertiary/aromatic N) is 1. The van der Waals surface area contributed by atoms with Gasteiger partial charge in [0, 0.05) is 5.70 Å². The van der Waals surface area contributed by atoms with Crippen molar-refractivity contribution >= 4 is 17.4 Å². The van der Waals surface area contributed by atoms with Crippen LogP contribution in [0.4, 0.5) is 0 Å². The molecule has 0 unspecified atom stereocenters. The average molecular weight is 111 g/mol. The second kappa shape index (κ2) is 2.01. The van der Waals surface area contributed by atoms with Gasteiger partial charge in [-0.1, -0.05) is 6.08 Å². The van der Waals surface area contributed by atoms with Crippen molar-refractivity contribution in [3.8, 4) is 0 Å². The van der Waals surface area contributed by atoms with Crippen molar-refractivity contribution in [1.82, 2.24) is 0 Å².